The summed E-state index contributed by atoms with van der Waals surface area (Å²) in [6.07, 6.45) is 6.54. The van der Waals surface area contributed by atoms with Gasteiger partial charge in [0, 0.05) is 18.0 Å². The molecule has 1 heterocycles. The van der Waals surface area contributed by atoms with Crippen molar-refractivity contribution >= 4 is 11.9 Å². The molecule has 0 amide bonds. The first-order valence-corrected chi connectivity index (χ1v) is 7.70. The van der Waals surface area contributed by atoms with Crippen molar-refractivity contribution in [3.63, 3.8) is 0 Å². The summed E-state index contributed by atoms with van der Waals surface area (Å²) in [6.45, 7) is 0.516. The molecule has 0 saturated carbocycles. The number of hydrogen-bond donors (Lipinski definition) is 0. The minimum atomic E-state index is -0.0706. The second kappa shape index (κ2) is 7.88. The minimum Gasteiger partial charge on any atom is -0.489 e. The molecule has 3 rings (SSSR count). The molecule has 0 saturated heterocycles. The number of carbonyl (C=O) groups excluding carboxylic acids is 1. The normalized spacial score (nSPS) is 10.7. The van der Waals surface area contributed by atoms with Gasteiger partial charge >= 0.3 is 0 Å². The number of hydrogen-bond acceptors (Lipinski definition) is 3. The van der Waals surface area contributed by atoms with Gasteiger partial charge in [-0.25, -0.2) is 0 Å². The summed E-state index contributed by atoms with van der Waals surface area (Å²) < 4.78 is 5.80. The van der Waals surface area contributed by atoms with Crippen molar-refractivity contribution in [2.45, 2.75) is 6.61 Å². The zero-order chi connectivity index (χ0) is 16.6. The molecule has 118 valence electrons. The maximum Gasteiger partial charge on any atom is 0.187 e. The lowest BCUT2D eigenvalue weighted by Gasteiger charge is -2.06. The Labute approximate surface area is 141 Å². The molecule has 0 bridgehead atoms. The fraction of sp³-hybridized carbons (Fsp3) is 0.0476. The van der Waals surface area contributed by atoms with Crippen LogP contribution < -0.4 is 4.74 Å². The van der Waals surface area contributed by atoms with Gasteiger partial charge in [0.25, 0.3) is 0 Å². The second-order valence-corrected chi connectivity index (χ2v) is 5.29. The molecule has 0 aliphatic heterocycles. The highest BCUT2D eigenvalue weighted by Crippen LogP contribution is 2.16. The Bertz CT molecular complexity index is 827. The summed E-state index contributed by atoms with van der Waals surface area (Å²) in [6, 6.07) is 21.2. The molecule has 0 spiro atoms. The van der Waals surface area contributed by atoms with Gasteiger partial charge in [0.2, 0.25) is 0 Å². The number of nitrogens with zero attached hydrogens (tertiary/aromatic N) is 1. The lowest BCUT2D eigenvalue weighted by atomic mass is 10.1. The summed E-state index contributed by atoms with van der Waals surface area (Å²) in [7, 11) is 0. The quantitative estimate of drug-likeness (QED) is 0.494. The molecule has 0 radical (unpaired) electrons. The van der Waals surface area contributed by atoms with Crippen LogP contribution in [0.4, 0.5) is 0 Å². The summed E-state index contributed by atoms with van der Waals surface area (Å²) in [4.78, 5) is 16.0. The molecule has 24 heavy (non-hydrogen) atoms. The van der Waals surface area contributed by atoms with Gasteiger partial charge in [-0.15, -0.1) is 0 Å². The van der Waals surface area contributed by atoms with Gasteiger partial charge in [-0.3, -0.25) is 9.78 Å². The number of benzene rings is 2. The van der Waals surface area contributed by atoms with Crippen LogP contribution in [0.2, 0.25) is 0 Å². The Morgan fingerprint density at radius 2 is 1.88 bits per heavy atom. The molecule has 0 fully saturated rings. The summed E-state index contributed by atoms with van der Waals surface area (Å²) in [5, 5.41) is 0. The van der Waals surface area contributed by atoms with Crippen molar-refractivity contribution in [2.75, 3.05) is 0 Å². The van der Waals surface area contributed by atoms with Gasteiger partial charge in [0.15, 0.2) is 5.78 Å². The Balaban J connectivity index is 1.65. The topological polar surface area (TPSA) is 39.2 Å². The SMILES string of the molecule is O=C(/C=C/c1cccc(OCc2ccccc2)c1)c1cccnc1. The summed E-state index contributed by atoms with van der Waals surface area (Å²) in [5.41, 5.74) is 2.60. The number of allylic oxidation sites excluding steroid dienone is 1. The van der Waals surface area contributed by atoms with Crippen LogP contribution in [0, 0.1) is 0 Å². The molecule has 0 aliphatic rings. The van der Waals surface area contributed by atoms with Crippen molar-refractivity contribution in [1.29, 1.82) is 0 Å². The maximum absolute atomic E-state index is 12.1. The van der Waals surface area contributed by atoms with Gasteiger partial charge in [-0.1, -0.05) is 48.5 Å². The van der Waals surface area contributed by atoms with Crippen LogP contribution in [0.25, 0.3) is 6.08 Å². The van der Waals surface area contributed by atoms with E-state index in [4.69, 9.17) is 4.74 Å². The van der Waals surface area contributed by atoms with E-state index in [1.165, 1.54) is 0 Å². The Morgan fingerprint density at radius 1 is 1.00 bits per heavy atom. The Kier molecular flexibility index (Phi) is 5.15. The van der Waals surface area contributed by atoms with Crippen molar-refractivity contribution in [2.24, 2.45) is 0 Å². The first-order chi connectivity index (χ1) is 11.8. The van der Waals surface area contributed by atoms with Gasteiger partial charge in [-0.05, 0) is 41.5 Å². The van der Waals surface area contributed by atoms with E-state index in [-0.39, 0.29) is 5.78 Å². The third-order valence-electron chi connectivity index (χ3n) is 3.48. The van der Waals surface area contributed by atoms with Gasteiger partial charge in [0.05, 0.1) is 0 Å². The molecule has 0 atom stereocenters. The maximum atomic E-state index is 12.1. The zero-order valence-corrected chi connectivity index (χ0v) is 13.1. The van der Waals surface area contributed by atoms with E-state index in [0.29, 0.717) is 12.2 Å². The number of ether oxygens (including phenoxy) is 1. The van der Waals surface area contributed by atoms with Crippen molar-refractivity contribution < 1.29 is 9.53 Å². The Hall–Kier alpha value is -3.20. The van der Waals surface area contributed by atoms with Crippen molar-refractivity contribution in [3.05, 3.63) is 102 Å². The molecule has 3 aromatic rings. The lowest BCUT2D eigenvalue weighted by Crippen LogP contribution is -1.95. The monoisotopic (exact) mass is 315 g/mol. The fourth-order valence-electron chi connectivity index (χ4n) is 2.23. The molecule has 3 nitrogen and oxygen atoms in total. The lowest BCUT2D eigenvalue weighted by molar-refractivity contribution is 0.104. The number of ketones is 1. The highest BCUT2D eigenvalue weighted by Gasteiger charge is 2.01. The number of pyridine rings is 1. The van der Waals surface area contributed by atoms with Crippen molar-refractivity contribution in [3.8, 4) is 5.75 Å². The smallest absolute Gasteiger partial charge is 0.187 e. The van der Waals surface area contributed by atoms with E-state index in [1.807, 2.05) is 54.6 Å². The molecular formula is C21H17NO2. The minimum absolute atomic E-state index is 0.0706. The van der Waals surface area contributed by atoms with Crippen LogP contribution in [0.1, 0.15) is 21.5 Å². The highest BCUT2D eigenvalue weighted by atomic mass is 16.5. The van der Waals surface area contributed by atoms with Crippen molar-refractivity contribution in [1.82, 2.24) is 4.98 Å². The van der Waals surface area contributed by atoms with Crippen LogP contribution in [-0.2, 0) is 6.61 Å². The van der Waals surface area contributed by atoms with Crippen LogP contribution in [0.15, 0.2) is 85.2 Å². The van der Waals surface area contributed by atoms with E-state index in [0.717, 1.165) is 16.9 Å². The van der Waals surface area contributed by atoms with Gasteiger partial charge in [-0.2, -0.15) is 0 Å². The second-order valence-electron chi connectivity index (χ2n) is 5.29. The zero-order valence-electron chi connectivity index (χ0n) is 13.1. The Morgan fingerprint density at radius 3 is 2.67 bits per heavy atom. The standard InChI is InChI=1S/C21H17NO2/c23-21(19-9-5-13-22-15-19)12-11-17-8-4-10-20(14-17)24-16-18-6-2-1-3-7-18/h1-15H,16H2/b12-11+. The van der Waals surface area contributed by atoms with Gasteiger partial charge < -0.3 is 4.74 Å². The van der Waals surface area contributed by atoms with E-state index in [9.17, 15) is 4.79 Å². The van der Waals surface area contributed by atoms with Gasteiger partial charge in [0.1, 0.15) is 12.4 Å². The van der Waals surface area contributed by atoms with E-state index >= 15 is 0 Å². The molecule has 1 aromatic heterocycles. The molecule has 3 heteroatoms. The third-order valence-corrected chi connectivity index (χ3v) is 3.48. The number of carbonyl (C=O) groups is 1. The van der Waals surface area contributed by atoms with Crippen LogP contribution in [-0.4, -0.2) is 10.8 Å². The molecule has 0 N–H and O–H groups in total. The largest absolute Gasteiger partial charge is 0.489 e. The predicted molar refractivity (Wildman–Crippen MR) is 94.8 cm³/mol. The average Bonchev–Trinajstić information content (AvgIpc) is 2.66. The molecule has 0 aliphatic carbocycles. The summed E-state index contributed by atoms with van der Waals surface area (Å²) in [5.74, 6) is 0.702. The molecular weight excluding hydrogens is 298 g/mol. The fourth-order valence-corrected chi connectivity index (χ4v) is 2.23. The van der Waals surface area contributed by atoms with Crippen LogP contribution >= 0.6 is 0 Å². The first-order valence-electron chi connectivity index (χ1n) is 7.70. The molecule has 2 aromatic carbocycles. The van der Waals surface area contributed by atoms with E-state index in [1.54, 1.807) is 36.7 Å². The third kappa shape index (κ3) is 4.40. The predicted octanol–water partition coefficient (Wildman–Crippen LogP) is 4.56. The average molecular weight is 315 g/mol. The highest BCUT2D eigenvalue weighted by molar-refractivity contribution is 6.06. The van der Waals surface area contributed by atoms with Crippen LogP contribution in [0.5, 0.6) is 5.75 Å². The van der Waals surface area contributed by atoms with E-state index < -0.39 is 0 Å². The number of rotatable bonds is 6. The summed E-state index contributed by atoms with van der Waals surface area (Å²) >= 11 is 0. The number of aromatic nitrogens is 1. The van der Waals surface area contributed by atoms with E-state index in [2.05, 4.69) is 4.98 Å². The van der Waals surface area contributed by atoms with Crippen LogP contribution in [0.3, 0.4) is 0 Å². The molecule has 0 unspecified atom stereocenters. The first kappa shape index (κ1) is 15.7.